The number of hydrogen-bond donors (Lipinski definition) is 3. The van der Waals surface area contributed by atoms with Gasteiger partial charge in [-0.15, -0.1) is 24.0 Å². The summed E-state index contributed by atoms with van der Waals surface area (Å²) < 4.78 is 0. The first-order valence-electron chi connectivity index (χ1n) is 7.21. The number of nitrogens with zero attached hydrogens (tertiary/aromatic N) is 1. The highest BCUT2D eigenvalue weighted by atomic mass is 127. The lowest BCUT2D eigenvalue weighted by Crippen LogP contribution is -2.42. The average Bonchev–Trinajstić information content (AvgIpc) is 3.20. The molecule has 0 heterocycles. The zero-order valence-corrected chi connectivity index (χ0v) is 16.9. The molecule has 0 bridgehead atoms. The molecule has 1 saturated carbocycles. The van der Waals surface area contributed by atoms with Crippen LogP contribution in [0.25, 0.3) is 0 Å². The average molecular weight is 471 g/mol. The topological polar surface area (TPSA) is 65.5 Å². The van der Waals surface area contributed by atoms with Crippen LogP contribution in [0.4, 0.5) is 0 Å². The SMILES string of the molecule is CN=C(NCCNC(=O)c1ccc(Cl)c(Cl)c1)NC1CC1C.I. The summed E-state index contributed by atoms with van der Waals surface area (Å²) in [5.41, 5.74) is 0.490. The predicted molar refractivity (Wildman–Crippen MR) is 106 cm³/mol. The first-order valence-corrected chi connectivity index (χ1v) is 7.97. The number of carbonyl (C=O) groups is 1. The van der Waals surface area contributed by atoms with Gasteiger partial charge in [0.25, 0.3) is 5.91 Å². The van der Waals surface area contributed by atoms with E-state index in [4.69, 9.17) is 23.2 Å². The van der Waals surface area contributed by atoms with Gasteiger partial charge in [0, 0.05) is 31.7 Å². The van der Waals surface area contributed by atoms with Gasteiger partial charge in [-0.3, -0.25) is 9.79 Å². The zero-order chi connectivity index (χ0) is 16.1. The van der Waals surface area contributed by atoms with Crippen LogP contribution in [0.1, 0.15) is 23.7 Å². The van der Waals surface area contributed by atoms with Gasteiger partial charge in [0.05, 0.1) is 10.0 Å². The minimum Gasteiger partial charge on any atom is -0.355 e. The third-order valence-electron chi connectivity index (χ3n) is 3.54. The molecular weight excluding hydrogens is 450 g/mol. The summed E-state index contributed by atoms with van der Waals surface area (Å²) in [6.45, 7) is 3.27. The fraction of sp³-hybridized carbons (Fsp3) is 0.467. The second-order valence-electron chi connectivity index (χ2n) is 5.35. The highest BCUT2D eigenvalue weighted by molar-refractivity contribution is 14.0. The maximum atomic E-state index is 12.0. The van der Waals surface area contributed by atoms with Gasteiger partial charge in [0.1, 0.15) is 0 Å². The van der Waals surface area contributed by atoms with Crippen molar-refractivity contribution in [2.45, 2.75) is 19.4 Å². The lowest BCUT2D eigenvalue weighted by atomic mass is 10.2. The molecule has 0 saturated heterocycles. The van der Waals surface area contributed by atoms with E-state index in [1.807, 2.05) is 0 Å². The molecule has 128 valence electrons. The lowest BCUT2D eigenvalue weighted by molar-refractivity contribution is 0.0954. The number of hydrogen-bond acceptors (Lipinski definition) is 2. The molecule has 1 amide bonds. The highest BCUT2D eigenvalue weighted by Gasteiger charge is 2.33. The number of benzene rings is 1. The van der Waals surface area contributed by atoms with Gasteiger partial charge in [-0.25, -0.2) is 0 Å². The van der Waals surface area contributed by atoms with Gasteiger partial charge in [-0.1, -0.05) is 30.1 Å². The Morgan fingerprint density at radius 1 is 1.26 bits per heavy atom. The molecule has 1 aliphatic carbocycles. The van der Waals surface area contributed by atoms with Gasteiger partial charge in [0.15, 0.2) is 5.96 Å². The number of halogens is 3. The molecule has 0 spiro atoms. The summed E-state index contributed by atoms with van der Waals surface area (Å²) in [7, 11) is 1.73. The number of guanidine groups is 1. The maximum absolute atomic E-state index is 12.0. The van der Waals surface area contributed by atoms with E-state index in [0.29, 0.717) is 40.7 Å². The first kappa shape index (κ1) is 20.3. The van der Waals surface area contributed by atoms with Crippen LogP contribution in [0.15, 0.2) is 23.2 Å². The van der Waals surface area contributed by atoms with E-state index in [9.17, 15) is 4.79 Å². The second kappa shape index (κ2) is 9.54. The molecule has 2 atom stereocenters. The summed E-state index contributed by atoms with van der Waals surface area (Å²) in [6, 6.07) is 5.32. The van der Waals surface area contributed by atoms with Crippen LogP contribution in [-0.2, 0) is 0 Å². The fourth-order valence-corrected chi connectivity index (χ4v) is 2.29. The molecule has 5 nitrogen and oxygen atoms in total. The second-order valence-corrected chi connectivity index (χ2v) is 6.16. The summed E-state index contributed by atoms with van der Waals surface area (Å²) in [6.07, 6.45) is 1.18. The molecule has 1 aliphatic rings. The van der Waals surface area contributed by atoms with Crippen LogP contribution in [0.2, 0.25) is 10.0 Å². The first-order chi connectivity index (χ1) is 10.5. The number of nitrogens with one attached hydrogen (secondary N) is 3. The molecule has 0 radical (unpaired) electrons. The molecule has 0 aromatic heterocycles. The largest absolute Gasteiger partial charge is 0.355 e. The van der Waals surface area contributed by atoms with E-state index >= 15 is 0 Å². The van der Waals surface area contributed by atoms with Crippen LogP contribution >= 0.6 is 47.2 Å². The molecule has 2 rings (SSSR count). The number of rotatable bonds is 5. The Hall–Kier alpha value is -0.730. The lowest BCUT2D eigenvalue weighted by Gasteiger charge is -2.12. The van der Waals surface area contributed by atoms with Crippen molar-refractivity contribution in [2.75, 3.05) is 20.1 Å². The normalized spacial score (nSPS) is 19.6. The minimum absolute atomic E-state index is 0. The summed E-state index contributed by atoms with van der Waals surface area (Å²) >= 11 is 11.7. The van der Waals surface area contributed by atoms with Crippen molar-refractivity contribution < 1.29 is 4.79 Å². The Morgan fingerprint density at radius 3 is 2.48 bits per heavy atom. The van der Waals surface area contributed by atoms with Gasteiger partial charge in [-0.2, -0.15) is 0 Å². The van der Waals surface area contributed by atoms with E-state index in [-0.39, 0.29) is 29.9 Å². The van der Waals surface area contributed by atoms with E-state index in [0.717, 1.165) is 5.96 Å². The van der Waals surface area contributed by atoms with E-state index in [1.54, 1.807) is 25.2 Å². The molecule has 1 fully saturated rings. The van der Waals surface area contributed by atoms with Crippen molar-refractivity contribution in [1.82, 2.24) is 16.0 Å². The molecule has 23 heavy (non-hydrogen) atoms. The molecule has 8 heteroatoms. The Balaban J connectivity index is 0.00000264. The predicted octanol–water partition coefficient (Wildman–Crippen LogP) is 2.91. The van der Waals surface area contributed by atoms with Gasteiger partial charge in [-0.05, 0) is 30.5 Å². The van der Waals surface area contributed by atoms with Crippen LogP contribution in [-0.4, -0.2) is 38.0 Å². The van der Waals surface area contributed by atoms with Crippen LogP contribution in [0.3, 0.4) is 0 Å². The summed E-state index contributed by atoms with van der Waals surface area (Å²) in [4.78, 5) is 16.1. The van der Waals surface area contributed by atoms with Crippen molar-refractivity contribution in [3.8, 4) is 0 Å². The fourth-order valence-electron chi connectivity index (χ4n) is 1.99. The Labute approximate surface area is 163 Å². The molecule has 0 aliphatic heterocycles. The van der Waals surface area contributed by atoms with E-state index in [2.05, 4.69) is 27.9 Å². The number of aliphatic imine (C=N–C) groups is 1. The molecule has 1 aromatic carbocycles. The van der Waals surface area contributed by atoms with Crippen molar-refractivity contribution in [2.24, 2.45) is 10.9 Å². The smallest absolute Gasteiger partial charge is 0.251 e. The van der Waals surface area contributed by atoms with Crippen molar-refractivity contribution in [3.05, 3.63) is 33.8 Å². The third-order valence-corrected chi connectivity index (χ3v) is 4.28. The number of amides is 1. The highest BCUT2D eigenvalue weighted by Crippen LogP contribution is 2.28. The molecule has 3 N–H and O–H groups in total. The van der Waals surface area contributed by atoms with Crippen molar-refractivity contribution >= 4 is 59.0 Å². The Kier molecular flexibility index (Phi) is 8.42. The van der Waals surface area contributed by atoms with Crippen LogP contribution in [0, 0.1) is 5.92 Å². The van der Waals surface area contributed by atoms with E-state index < -0.39 is 0 Å². The third kappa shape index (κ3) is 6.35. The minimum atomic E-state index is -0.181. The van der Waals surface area contributed by atoms with Crippen molar-refractivity contribution in [3.63, 3.8) is 0 Å². The molecule has 2 unspecified atom stereocenters. The van der Waals surface area contributed by atoms with Crippen LogP contribution < -0.4 is 16.0 Å². The zero-order valence-electron chi connectivity index (χ0n) is 13.0. The van der Waals surface area contributed by atoms with Gasteiger partial charge in [0.2, 0.25) is 0 Å². The monoisotopic (exact) mass is 470 g/mol. The van der Waals surface area contributed by atoms with Crippen molar-refractivity contribution in [1.29, 1.82) is 0 Å². The molecular formula is C15H21Cl2IN4O. The Bertz CT molecular complexity index is 583. The summed E-state index contributed by atoms with van der Waals surface area (Å²) in [5.74, 6) is 1.28. The number of carbonyl (C=O) groups excluding carboxylic acids is 1. The van der Waals surface area contributed by atoms with Gasteiger partial charge >= 0.3 is 0 Å². The van der Waals surface area contributed by atoms with E-state index in [1.165, 1.54) is 6.42 Å². The quantitative estimate of drug-likeness (QED) is 0.268. The van der Waals surface area contributed by atoms with Gasteiger partial charge < -0.3 is 16.0 Å². The van der Waals surface area contributed by atoms with Crippen LogP contribution in [0.5, 0.6) is 0 Å². The summed E-state index contributed by atoms with van der Waals surface area (Å²) in [5, 5.41) is 10.1. The maximum Gasteiger partial charge on any atom is 0.251 e. The Morgan fingerprint density at radius 2 is 1.91 bits per heavy atom. The molecule has 1 aromatic rings. The standard InChI is InChI=1S/C15H20Cl2N4O.HI/c1-9-7-13(9)21-15(18-2)20-6-5-19-14(22)10-3-4-11(16)12(17)8-10;/h3-4,8-9,13H,5-7H2,1-2H3,(H,19,22)(H2,18,20,21);1H.